The molecule has 0 saturated heterocycles. The molecule has 0 aliphatic carbocycles. The summed E-state index contributed by atoms with van der Waals surface area (Å²) in [5.41, 5.74) is 0.367. The Morgan fingerprint density at radius 3 is 2.75 bits per heavy atom. The number of nitriles is 1. The van der Waals surface area contributed by atoms with E-state index in [1.165, 1.54) is 12.1 Å². The fourth-order valence-corrected chi connectivity index (χ4v) is 0.685. The van der Waals surface area contributed by atoms with Gasteiger partial charge in [0, 0.05) is 11.5 Å². The molecule has 0 spiro atoms. The molecule has 3 heteroatoms. The van der Waals surface area contributed by atoms with Crippen LogP contribution in [0.25, 0.3) is 0 Å². The fourth-order valence-electron chi connectivity index (χ4n) is 0.685. The summed E-state index contributed by atoms with van der Waals surface area (Å²) in [4.78, 5) is 0. The van der Waals surface area contributed by atoms with Crippen LogP contribution in [0.5, 0.6) is 5.75 Å². The summed E-state index contributed by atoms with van der Waals surface area (Å²) < 4.78 is 12.6. The van der Waals surface area contributed by atoms with Gasteiger partial charge in [-0.15, -0.1) is 0 Å². The summed E-state index contributed by atoms with van der Waals surface area (Å²) in [6.07, 6.45) is 0. The van der Waals surface area contributed by atoms with Gasteiger partial charge in [-0.2, -0.15) is 5.26 Å². The summed E-state index contributed by atoms with van der Waals surface area (Å²) in [5, 5.41) is 16.9. The Morgan fingerprint density at radius 1 is 1.42 bits per heavy atom. The summed E-state index contributed by atoms with van der Waals surface area (Å²) >= 11 is 0. The van der Waals surface area contributed by atoms with Gasteiger partial charge in [0.1, 0.15) is 0 Å². The first-order valence-electron chi connectivity index (χ1n) is 3.12. The Bertz CT molecular complexity index is 395. The molecule has 1 rings (SSSR count). The lowest BCUT2D eigenvalue weighted by molar-refractivity contribution is 0.432. The molecule has 0 saturated carbocycles. The quantitative estimate of drug-likeness (QED) is 0.584. The standard InChI is InChI=1S/C9H4FNO/c10-8-6-7(2-1-5-11)3-4-9(8)12/h3-4,6,12H. The number of halogens is 1. The van der Waals surface area contributed by atoms with Crippen molar-refractivity contribution in [2.45, 2.75) is 0 Å². The predicted octanol–water partition coefficient (Wildman–Crippen LogP) is 1.41. The second-order valence-corrected chi connectivity index (χ2v) is 2.03. The normalized spacial score (nSPS) is 8.00. The molecule has 1 N–H and O–H groups in total. The maximum absolute atomic E-state index is 12.6. The lowest BCUT2D eigenvalue weighted by Gasteiger charge is -1.93. The summed E-state index contributed by atoms with van der Waals surface area (Å²) in [7, 11) is 0. The van der Waals surface area contributed by atoms with Crippen LogP contribution in [0.4, 0.5) is 4.39 Å². The van der Waals surface area contributed by atoms with E-state index in [-0.39, 0.29) is 0 Å². The van der Waals surface area contributed by atoms with E-state index in [0.29, 0.717) is 5.56 Å². The zero-order valence-corrected chi connectivity index (χ0v) is 6.00. The van der Waals surface area contributed by atoms with Gasteiger partial charge in [0.05, 0.1) is 0 Å². The van der Waals surface area contributed by atoms with Crippen LogP contribution in [-0.2, 0) is 0 Å². The minimum atomic E-state index is -0.736. The van der Waals surface area contributed by atoms with Crippen molar-refractivity contribution < 1.29 is 9.50 Å². The van der Waals surface area contributed by atoms with E-state index < -0.39 is 11.6 Å². The van der Waals surface area contributed by atoms with Crippen LogP contribution in [-0.4, -0.2) is 5.11 Å². The van der Waals surface area contributed by atoms with Crippen molar-refractivity contribution in [3.8, 4) is 23.7 Å². The van der Waals surface area contributed by atoms with Crippen molar-refractivity contribution in [2.75, 3.05) is 0 Å². The molecule has 0 aliphatic heterocycles. The van der Waals surface area contributed by atoms with Crippen LogP contribution in [0.1, 0.15) is 5.56 Å². The predicted molar refractivity (Wildman–Crippen MR) is 40.6 cm³/mol. The molecule has 0 atom stereocenters. The number of aromatic hydroxyl groups is 1. The van der Waals surface area contributed by atoms with E-state index >= 15 is 0 Å². The summed E-state index contributed by atoms with van der Waals surface area (Å²) in [6, 6.07) is 5.30. The first-order valence-corrected chi connectivity index (χ1v) is 3.12. The number of hydrogen-bond acceptors (Lipinski definition) is 2. The Hall–Kier alpha value is -2.00. The van der Waals surface area contributed by atoms with Gasteiger partial charge in [0.25, 0.3) is 0 Å². The van der Waals surface area contributed by atoms with E-state index in [1.54, 1.807) is 6.07 Å². The third-order valence-corrected chi connectivity index (χ3v) is 1.21. The number of nitrogens with zero attached hydrogens (tertiary/aromatic N) is 1. The van der Waals surface area contributed by atoms with Gasteiger partial charge in [-0.1, -0.05) is 5.92 Å². The van der Waals surface area contributed by atoms with Gasteiger partial charge in [-0.25, -0.2) is 4.39 Å². The van der Waals surface area contributed by atoms with Crippen molar-refractivity contribution in [1.29, 1.82) is 5.26 Å². The molecule has 58 valence electrons. The van der Waals surface area contributed by atoms with Crippen molar-refractivity contribution in [1.82, 2.24) is 0 Å². The molecule has 0 aliphatic rings. The van der Waals surface area contributed by atoms with Crippen LogP contribution < -0.4 is 0 Å². The second-order valence-electron chi connectivity index (χ2n) is 2.03. The molecule has 0 radical (unpaired) electrons. The second kappa shape index (κ2) is 3.41. The smallest absolute Gasteiger partial charge is 0.166 e. The highest BCUT2D eigenvalue weighted by atomic mass is 19.1. The zero-order chi connectivity index (χ0) is 8.97. The Kier molecular flexibility index (Phi) is 2.30. The molecular formula is C9H4FNO. The topological polar surface area (TPSA) is 44.0 Å². The van der Waals surface area contributed by atoms with Crippen molar-refractivity contribution >= 4 is 0 Å². The fraction of sp³-hybridized carbons (Fsp3) is 0. The minimum Gasteiger partial charge on any atom is -0.505 e. The van der Waals surface area contributed by atoms with E-state index in [0.717, 1.165) is 6.07 Å². The van der Waals surface area contributed by atoms with E-state index in [9.17, 15) is 4.39 Å². The molecule has 0 bridgehead atoms. The lowest BCUT2D eigenvalue weighted by Crippen LogP contribution is -1.78. The van der Waals surface area contributed by atoms with Gasteiger partial charge in [0.15, 0.2) is 17.6 Å². The van der Waals surface area contributed by atoms with Crippen molar-refractivity contribution in [2.24, 2.45) is 0 Å². The maximum atomic E-state index is 12.6. The Labute approximate surface area is 68.9 Å². The lowest BCUT2D eigenvalue weighted by atomic mass is 10.2. The van der Waals surface area contributed by atoms with Crippen LogP contribution >= 0.6 is 0 Å². The largest absolute Gasteiger partial charge is 0.505 e. The van der Waals surface area contributed by atoms with Crippen LogP contribution in [0.2, 0.25) is 0 Å². The van der Waals surface area contributed by atoms with E-state index in [2.05, 4.69) is 11.8 Å². The van der Waals surface area contributed by atoms with E-state index in [1.807, 2.05) is 0 Å². The van der Waals surface area contributed by atoms with E-state index in [4.69, 9.17) is 10.4 Å². The molecule has 0 amide bonds. The number of rotatable bonds is 0. The van der Waals surface area contributed by atoms with Crippen LogP contribution in [0.15, 0.2) is 18.2 Å². The molecule has 0 unspecified atom stereocenters. The SMILES string of the molecule is N#CC#Cc1ccc(O)c(F)c1. The molecule has 1 aromatic rings. The Balaban J connectivity index is 3.07. The molecule has 0 aromatic heterocycles. The van der Waals surface area contributed by atoms with Gasteiger partial charge in [-0.05, 0) is 18.2 Å². The summed E-state index contributed by atoms with van der Waals surface area (Å²) in [6.45, 7) is 0. The average molecular weight is 161 g/mol. The van der Waals surface area contributed by atoms with Gasteiger partial charge < -0.3 is 5.11 Å². The molecule has 0 fully saturated rings. The molecular weight excluding hydrogens is 157 g/mol. The van der Waals surface area contributed by atoms with Crippen LogP contribution in [0.3, 0.4) is 0 Å². The first-order chi connectivity index (χ1) is 5.74. The van der Waals surface area contributed by atoms with Crippen LogP contribution in [0, 0.1) is 29.0 Å². The minimum absolute atomic E-state index is 0.367. The molecule has 1 aromatic carbocycles. The highest BCUT2D eigenvalue weighted by Crippen LogP contribution is 2.15. The number of phenols is 1. The van der Waals surface area contributed by atoms with Crippen molar-refractivity contribution in [3.63, 3.8) is 0 Å². The molecule has 0 heterocycles. The molecule has 12 heavy (non-hydrogen) atoms. The third-order valence-electron chi connectivity index (χ3n) is 1.21. The number of phenolic OH excluding ortho intramolecular Hbond substituents is 1. The number of benzene rings is 1. The monoisotopic (exact) mass is 161 g/mol. The zero-order valence-electron chi connectivity index (χ0n) is 6.00. The highest BCUT2D eigenvalue weighted by molar-refractivity contribution is 5.40. The van der Waals surface area contributed by atoms with Gasteiger partial charge in [-0.3, -0.25) is 0 Å². The summed E-state index contributed by atoms with van der Waals surface area (Å²) in [5.74, 6) is 3.36. The Morgan fingerprint density at radius 2 is 2.17 bits per heavy atom. The molecule has 2 nitrogen and oxygen atoms in total. The van der Waals surface area contributed by atoms with Crippen molar-refractivity contribution in [3.05, 3.63) is 29.6 Å². The average Bonchev–Trinajstić information content (AvgIpc) is 2.07. The highest BCUT2D eigenvalue weighted by Gasteiger charge is 1.98. The first kappa shape index (κ1) is 8.10. The third kappa shape index (κ3) is 1.74. The maximum Gasteiger partial charge on any atom is 0.166 e. The van der Waals surface area contributed by atoms with Gasteiger partial charge in [0.2, 0.25) is 0 Å². The number of hydrogen-bond donors (Lipinski definition) is 1. The van der Waals surface area contributed by atoms with Gasteiger partial charge >= 0.3 is 0 Å².